The summed E-state index contributed by atoms with van der Waals surface area (Å²) in [5.41, 5.74) is 1.08. The van der Waals surface area contributed by atoms with E-state index in [4.69, 9.17) is 11.6 Å². The third-order valence-electron chi connectivity index (χ3n) is 3.30. The van der Waals surface area contributed by atoms with Crippen molar-refractivity contribution in [3.63, 3.8) is 0 Å². The minimum Gasteiger partial charge on any atom is -0.351 e. The van der Waals surface area contributed by atoms with Crippen LogP contribution in [0, 0.1) is 11.6 Å². The zero-order chi connectivity index (χ0) is 16.8. The van der Waals surface area contributed by atoms with E-state index in [0.29, 0.717) is 11.6 Å². The molecule has 1 N–H and O–H groups in total. The third-order valence-corrected chi connectivity index (χ3v) is 4.86. The van der Waals surface area contributed by atoms with Crippen molar-refractivity contribution < 1.29 is 13.6 Å². The van der Waals surface area contributed by atoms with Gasteiger partial charge in [-0.2, -0.15) is 0 Å². The summed E-state index contributed by atoms with van der Waals surface area (Å²) in [5, 5.41) is 2.99. The number of hydrogen-bond acceptors (Lipinski definition) is 2. The second-order valence-corrected chi connectivity index (χ2v) is 6.71. The van der Waals surface area contributed by atoms with Gasteiger partial charge in [0.15, 0.2) is 11.6 Å². The van der Waals surface area contributed by atoms with Crippen molar-refractivity contribution in [3.05, 3.63) is 70.2 Å². The van der Waals surface area contributed by atoms with Crippen LogP contribution >= 0.6 is 23.4 Å². The van der Waals surface area contributed by atoms with Crippen molar-refractivity contribution in [1.29, 1.82) is 0 Å². The van der Waals surface area contributed by atoms with Gasteiger partial charge < -0.3 is 5.32 Å². The SMILES string of the molecule is CC(SCc1cccc(F)c1F)C(=O)NCc1ccccc1Cl. The molecule has 0 aromatic heterocycles. The molecule has 0 bridgehead atoms. The summed E-state index contributed by atoms with van der Waals surface area (Å²) in [7, 11) is 0. The Bertz CT molecular complexity index is 696. The molecule has 2 aromatic carbocycles. The Morgan fingerprint density at radius 1 is 1.17 bits per heavy atom. The molecule has 1 unspecified atom stereocenters. The molecule has 23 heavy (non-hydrogen) atoms. The molecule has 0 aliphatic carbocycles. The van der Waals surface area contributed by atoms with Gasteiger partial charge in [-0.25, -0.2) is 8.78 Å². The molecule has 1 atom stereocenters. The Morgan fingerprint density at radius 2 is 1.87 bits per heavy atom. The van der Waals surface area contributed by atoms with Crippen LogP contribution in [-0.2, 0) is 17.1 Å². The maximum atomic E-state index is 13.6. The van der Waals surface area contributed by atoms with Gasteiger partial charge in [0.1, 0.15) is 0 Å². The predicted molar refractivity (Wildman–Crippen MR) is 90.4 cm³/mol. The van der Waals surface area contributed by atoms with E-state index in [9.17, 15) is 13.6 Å². The van der Waals surface area contributed by atoms with E-state index >= 15 is 0 Å². The van der Waals surface area contributed by atoms with Crippen LogP contribution < -0.4 is 5.32 Å². The molecule has 2 nitrogen and oxygen atoms in total. The molecule has 0 heterocycles. The minimum atomic E-state index is -0.876. The van der Waals surface area contributed by atoms with Gasteiger partial charge in [-0.05, 0) is 24.6 Å². The summed E-state index contributed by atoms with van der Waals surface area (Å²) in [4.78, 5) is 12.1. The van der Waals surface area contributed by atoms with Crippen LogP contribution in [-0.4, -0.2) is 11.2 Å². The summed E-state index contributed by atoms with van der Waals surface area (Å²) in [6, 6.07) is 11.3. The molecule has 0 aliphatic heterocycles. The number of benzene rings is 2. The quantitative estimate of drug-likeness (QED) is 0.823. The molecule has 0 fully saturated rings. The summed E-state index contributed by atoms with van der Waals surface area (Å²) in [6.45, 7) is 2.06. The number of amides is 1. The van der Waals surface area contributed by atoms with Gasteiger partial charge in [0.2, 0.25) is 5.91 Å². The molecule has 2 rings (SSSR count). The van der Waals surface area contributed by atoms with E-state index in [1.54, 1.807) is 13.0 Å². The fourth-order valence-electron chi connectivity index (χ4n) is 1.92. The molecule has 0 saturated heterocycles. The Balaban J connectivity index is 1.85. The number of hydrogen-bond donors (Lipinski definition) is 1. The zero-order valence-electron chi connectivity index (χ0n) is 12.5. The molecule has 0 radical (unpaired) electrons. The van der Waals surface area contributed by atoms with Gasteiger partial charge in [-0.1, -0.05) is 41.9 Å². The second kappa shape index (κ2) is 8.31. The molecular formula is C17H16ClF2NOS. The van der Waals surface area contributed by atoms with Gasteiger partial charge >= 0.3 is 0 Å². The van der Waals surface area contributed by atoms with Gasteiger partial charge in [0.05, 0.1) is 5.25 Å². The van der Waals surface area contributed by atoms with Gasteiger partial charge in [-0.3, -0.25) is 4.79 Å². The Labute approximate surface area is 143 Å². The summed E-state index contributed by atoms with van der Waals surface area (Å²) in [6.07, 6.45) is 0. The summed E-state index contributed by atoms with van der Waals surface area (Å²) < 4.78 is 26.7. The third kappa shape index (κ3) is 4.94. The van der Waals surface area contributed by atoms with Crippen molar-refractivity contribution in [2.75, 3.05) is 0 Å². The topological polar surface area (TPSA) is 29.1 Å². The highest BCUT2D eigenvalue weighted by Gasteiger charge is 2.15. The lowest BCUT2D eigenvalue weighted by Crippen LogP contribution is -2.30. The van der Waals surface area contributed by atoms with Crippen LogP contribution in [0.25, 0.3) is 0 Å². The minimum absolute atomic E-state index is 0.174. The Hall–Kier alpha value is -1.59. The normalized spacial score (nSPS) is 12.0. The molecule has 6 heteroatoms. The van der Waals surface area contributed by atoms with Crippen molar-refractivity contribution in [1.82, 2.24) is 5.32 Å². The Morgan fingerprint density at radius 3 is 2.61 bits per heavy atom. The monoisotopic (exact) mass is 355 g/mol. The maximum absolute atomic E-state index is 13.6. The molecule has 0 spiro atoms. The van der Waals surface area contributed by atoms with Crippen molar-refractivity contribution in [3.8, 4) is 0 Å². The maximum Gasteiger partial charge on any atom is 0.233 e. The van der Waals surface area contributed by atoms with E-state index in [1.807, 2.05) is 18.2 Å². The van der Waals surface area contributed by atoms with E-state index in [1.165, 1.54) is 23.9 Å². The highest BCUT2D eigenvalue weighted by atomic mass is 35.5. The van der Waals surface area contributed by atoms with Crippen LogP contribution in [0.3, 0.4) is 0 Å². The predicted octanol–water partition coefficient (Wildman–Crippen LogP) is 4.56. The average molecular weight is 356 g/mol. The fraction of sp³-hybridized carbons (Fsp3) is 0.235. The molecule has 0 aliphatic rings. The molecular weight excluding hydrogens is 340 g/mol. The number of halogens is 3. The van der Waals surface area contributed by atoms with Crippen molar-refractivity contribution in [2.45, 2.75) is 24.5 Å². The molecule has 1 amide bonds. The van der Waals surface area contributed by atoms with Crippen LogP contribution in [0.1, 0.15) is 18.1 Å². The van der Waals surface area contributed by atoms with E-state index < -0.39 is 11.6 Å². The zero-order valence-corrected chi connectivity index (χ0v) is 14.1. The van der Waals surface area contributed by atoms with E-state index in [0.717, 1.165) is 11.6 Å². The summed E-state index contributed by atoms with van der Waals surface area (Å²) >= 11 is 7.28. The highest BCUT2D eigenvalue weighted by Crippen LogP contribution is 2.21. The first-order chi connectivity index (χ1) is 11.0. The number of carbonyl (C=O) groups is 1. The first-order valence-corrected chi connectivity index (χ1v) is 8.47. The van der Waals surface area contributed by atoms with Gasteiger partial charge in [0.25, 0.3) is 0 Å². The van der Waals surface area contributed by atoms with Gasteiger partial charge in [0, 0.05) is 22.9 Å². The molecule has 122 valence electrons. The van der Waals surface area contributed by atoms with Crippen molar-refractivity contribution >= 4 is 29.3 Å². The lowest BCUT2D eigenvalue weighted by Gasteiger charge is -2.13. The van der Waals surface area contributed by atoms with E-state index in [-0.39, 0.29) is 22.5 Å². The molecule has 0 saturated carbocycles. The first-order valence-electron chi connectivity index (χ1n) is 7.04. The second-order valence-electron chi connectivity index (χ2n) is 4.98. The highest BCUT2D eigenvalue weighted by molar-refractivity contribution is 7.99. The van der Waals surface area contributed by atoms with Crippen LogP contribution in [0.5, 0.6) is 0 Å². The van der Waals surface area contributed by atoms with Crippen LogP contribution in [0.2, 0.25) is 5.02 Å². The summed E-state index contributed by atoms with van der Waals surface area (Å²) in [5.74, 6) is -1.68. The lowest BCUT2D eigenvalue weighted by atomic mass is 10.2. The van der Waals surface area contributed by atoms with Gasteiger partial charge in [-0.15, -0.1) is 11.8 Å². The average Bonchev–Trinajstić information content (AvgIpc) is 2.55. The van der Waals surface area contributed by atoms with Crippen molar-refractivity contribution in [2.24, 2.45) is 0 Å². The smallest absolute Gasteiger partial charge is 0.233 e. The fourth-order valence-corrected chi connectivity index (χ4v) is 3.01. The number of thioether (sulfide) groups is 1. The molecule has 2 aromatic rings. The first kappa shape index (κ1) is 17.8. The largest absolute Gasteiger partial charge is 0.351 e. The number of carbonyl (C=O) groups excluding carboxylic acids is 1. The van der Waals surface area contributed by atoms with E-state index in [2.05, 4.69) is 5.32 Å². The number of nitrogens with one attached hydrogen (secondary N) is 1. The number of rotatable bonds is 6. The Kier molecular flexibility index (Phi) is 6.42. The van der Waals surface area contributed by atoms with Crippen LogP contribution in [0.15, 0.2) is 42.5 Å². The van der Waals surface area contributed by atoms with Crippen LogP contribution in [0.4, 0.5) is 8.78 Å². The standard InChI is InChI=1S/C17H16ClF2NOS/c1-11(23-10-13-6-4-8-15(19)16(13)20)17(22)21-9-12-5-2-3-7-14(12)18/h2-8,11H,9-10H2,1H3,(H,21,22). The lowest BCUT2D eigenvalue weighted by molar-refractivity contribution is -0.120.